The third-order valence-corrected chi connectivity index (χ3v) is 3.84. The molecule has 7 heteroatoms. The van der Waals surface area contributed by atoms with Gasteiger partial charge in [-0.15, -0.1) is 0 Å². The molecular formula is C13H20N4O3. The third-order valence-electron chi connectivity index (χ3n) is 3.84. The zero-order valence-corrected chi connectivity index (χ0v) is 11.8. The van der Waals surface area contributed by atoms with Crippen LogP contribution in [0.5, 0.6) is 0 Å². The van der Waals surface area contributed by atoms with E-state index in [1.54, 1.807) is 0 Å². The lowest BCUT2D eigenvalue weighted by atomic mass is 9.98. The summed E-state index contributed by atoms with van der Waals surface area (Å²) in [5.41, 5.74) is 0. The SMILES string of the molecule is CN1C(=O)C(C=NCC2CCNCC2)C(=O)N(C)C1=O. The highest BCUT2D eigenvalue weighted by Gasteiger charge is 2.41. The van der Waals surface area contributed by atoms with Crippen LogP contribution in [0.2, 0.25) is 0 Å². The van der Waals surface area contributed by atoms with Crippen molar-refractivity contribution in [1.82, 2.24) is 15.1 Å². The number of nitrogens with zero attached hydrogens (tertiary/aromatic N) is 3. The lowest BCUT2D eigenvalue weighted by Gasteiger charge is -2.31. The molecule has 0 aliphatic carbocycles. The smallest absolute Gasteiger partial charge is 0.317 e. The molecule has 2 heterocycles. The summed E-state index contributed by atoms with van der Waals surface area (Å²) >= 11 is 0. The zero-order valence-electron chi connectivity index (χ0n) is 11.8. The number of amides is 4. The van der Waals surface area contributed by atoms with E-state index >= 15 is 0 Å². The first kappa shape index (κ1) is 14.6. The molecule has 0 atom stereocenters. The average Bonchev–Trinajstić information content (AvgIpc) is 2.48. The minimum Gasteiger partial charge on any atom is -0.317 e. The van der Waals surface area contributed by atoms with Crippen LogP contribution in [0.3, 0.4) is 0 Å². The van der Waals surface area contributed by atoms with Crippen LogP contribution in [-0.2, 0) is 9.59 Å². The predicted octanol–water partition coefficient (Wildman–Crippen LogP) is -0.277. The Kier molecular flexibility index (Phi) is 4.49. The van der Waals surface area contributed by atoms with E-state index in [4.69, 9.17) is 0 Å². The predicted molar refractivity (Wildman–Crippen MR) is 73.4 cm³/mol. The van der Waals surface area contributed by atoms with Gasteiger partial charge in [0, 0.05) is 26.9 Å². The third kappa shape index (κ3) is 2.87. The van der Waals surface area contributed by atoms with Crippen LogP contribution < -0.4 is 5.32 Å². The summed E-state index contributed by atoms with van der Waals surface area (Å²) in [4.78, 5) is 41.6. The molecular weight excluding hydrogens is 260 g/mol. The van der Waals surface area contributed by atoms with Crippen molar-refractivity contribution < 1.29 is 14.4 Å². The largest absolute Gasteiger partial charge is 0.332 e. The maximum absolute atomic E-state index is 11.9. The quantitative estimate of drug-likeness (QED) is 0.569. The maximum Gasteiger partial charge on any atom is 0.332 e. The Morgan fingerprint density at radius 3 is 2.25 bits per heavy atom. The van der Waals surface area contributed by atoms with Crippen LogP contribution in [0.25, 0.3) is 0 Å². The molecule has 20 heavy (non-hydrogen) atoms. The molecule has 2 saturated heterocycles. The molecule has 0 saturated carbocycles. The van der Waals surface area contributed by atoms with E-state index in [0.29, 0.717) is 12.5 Å². The Balaban J connectivity index is 1.98. The van der Waals surface area contributed by atoms with Crippen molar-refractivity contribution in [3.63, 3.8) is 0 Å². The van der Waals surface area contributed by atoms with Gasteiger partial charge in [-0.25, -0.2) is 4.79 Å². The maximum atomic E-state index is 11.9. The number of imide groups is 2. The van der Waals surface area contributed by atoms with E-state index in [0.717, 1.165) is 35.7 Å². The highest BCUT2D eigenvalue weighted by molar-refractivity contribution is 6.23. The minimum atomic E-state index is -0.968. The number of carbonyl (C=O) groups is 3. The first-order valence-electron chi connectivity index (χ1n) is 6.82. The van der Waals surface area contributed by atoms with E-state index in [1.165, 1.54) is 20.3 Å². The Bertz CT molecular complexity index is 419. The van der Waals surface area contributed by atoms with Crippen molar-refractivity contribution in [1.29, 1.82) is 0 Å². The molecule has 2 aliphatic rings. The van der Waals surface area contributed by atoms with Gasteiger partial charge in [-0.1, -0.05) is 0 Å². The molecule has 0 aromatic carbocycles. The number of hydrogen-bond acceptors (Lipinski definition) is 5. The van der Waals surface area contributed by atoms with Crippen molar-refractivity contribution in [2.24, 2.45) is 16.8 Å². The number of aliphatic imine (C=N–C) groups is 1. The standard InChI is InChI=1S/C13H20N4O3/c1-16-11(18)10(12(19)17(2)13(16)20)8-15-7-9-3-5-14-6-4-9/h8-10,14H,3-7H2,1-2H3. The Hall–Kier alpha value is -1.76. The second kappa shape index (κ2) is 6.13. The van der Waals surface area contributed by atoms with Crippen LogP contribution in [0.4, 0.5) is 4.79 Å². The van der Waals surface area contributed by atoms with Gasteiger partial charge in [-0.2, -0.15) is 0 Å². The summed E-state index contributed by atoms with van der Waals surface area (Å²) in [5, 5.41) is 3.27. The van der Waals surface area contributed by atoms with E-state index in [1.807, 2.05) is 0 Å². The van der Waals surface area contributed by atoms with Crippen LogP contribution in [0.15, 0.2) is 4.99 Å². The summed E-state index contributed by atoms with van der Waals surface area (Å²) in [7, 11) is 2.75. The van der Waals surface area contributed by atoms with Gasteiger partial charge in [-0.05, 0) is 31.8 Å². The van der Waals surface area contributed by atoms with Crippen molar-refractivity contribution in [3.05, 3.63) is 0 Å². The Labute approximate surface area is 118 Å². The first-order chi connectivity index (χ1) is 9.52. The molecule has 0 aromatic heterocycles. The molecule has 2 rings (SSSR count). The molecule has 0 spiro atoms. The molecule has 0 radical (unpaired) electrons. The number of nitrogens with one attached hydrogen (secondary N) is 1. The Morgan fingerprint density at radius 1 is 1.15 bits per heavy atom. The summed E-state index contributed by atoms with van der Waals surface area (Å²) in [5.74, 6) is -1.48. The van der Waals surface area contributed by atoms with E-state index in [2.05, 4.69) is 10.3 Å². The lowest BCUT2D eigenvalue weighted by Crippen LogP contribution is -2.57. The van der Waals surface area contributed by atoms with Crippen LogP contribution in [0.1, 0.15) is 12.8 Å². The van der Waals surface area contributed by atoms with Gasteiger partial charge in [0.25, 0.3) is 0 Å². The Morgan fingerprint density at radius 2 is 1.70 bits per heavy atom. The summed E-state index contributed by atoms with van der Waals surface area (Å²) < 4.78 is 0. The van der Waals surface area contributed by atoms with Crippen molar-refractivity contribution in [2.45, 2.75) is 12.8 Å². The van der Waals surface area contributed by atoms with E-state index in [9.17, 15) is 14.4 Å². The van der Waals surface area contributed by atoms with Gasteiger partial charge in [0.15, 0.2) is 5.92 Å². The normalized spacial score (nSPS) is 23.2. The number of piperidine rings is 1. The van der Waals surface area contributed by atoms with Crippen LogP contribution in [0, 0.1) is 11.8 Å². The average molecular weight is 280 g/mol. The van der Waals surface area contributed by atoms with Gasteiger partial charge in [0.1, 0.15) is 0 Å². The van der Waals surface area contributed by atoms with Crippen LogP contribution in [-0.4, -0.2) is 67.6 Å². The van der Waals surface area contributed by atoms with Gasteiger partial charge < -0.3 is 5.32 Å². The van der Waals surface area contributed by atoms with Gasteiger partial charge in [-0.3, -0.25) is 24.4 Å². The van der Waals surface area contributed by atoms with Gasteiger partial charge in [0.05, 0.1) is 0 Å². The molecule has 0 aromatic rings. The second-order valence-corrected chi connectivity index (χ2v) is 5.26. The molecule has 7 nitrogen and oxygen atoms in total. The number of carbonyl (C=O) groups excluding carboxylic acids is 3. The molecule has 4 amide bonds. The molecule has 2 fully saturated rings. The second-order valence-electron chi connectivity index (χ2n) is 5.26. The van der Waals surface area contributed by atoms with Crippen LogP contribution >= 0.6 is 0 Å². The highest BCUT2D eigenvalue weighted by atomic mass is 16.2. The van der Waals surface area contributed by atoms with Crippen molar-refractivity contribution >= 4 is 24.1 Å². The molecule has 0 bridgehead atoms. The monoisotopic (exact) mass is 280 g/mol. The molecule has 110 valence electrons. The fraction of sp³-hybridized carbons (Fsp3) is 0.692. The molecule has 1 N–H and O–H groups in total. The number of rotatable bonds is 3. The van der Waals surface area contributed by atoms with Crippen molar-refractivity contribution in [3.8, 4) is 0 Å². The summed E-state index contributed by atoms with van der Waals surface area (Å²) in [6.07, 6.45) is 3.51. The fourth-order valence-corrected chi connectivity index (χ4v) is 2.44. The zero-order chi connectivity index (χ0) is 14.7. The number of urea groups is 1. The van der Waals surface area contributed by atoms with Gasteiger partial charge in [0.2, 0.25) is 11.8 Å². The number of barbiturate groups is 1. The fourth-order valence-electron chi connectivity index (χ4n) is 2.44. The first-order valence-corrected chi connectivity index (χ1v) is 6.82. The van der Waals surface area contributed by atoms with Crippen molar-refractivity contribution in [2.75, 3.05) is 33.7 Å². The minimum absolute atomic E-state index is 0.499. The van der Waals surface area contributed by atoms with E-state index in [-0.39, 0.29) is 0 Å². The van der Waals surface area contributed by atoms with E-state index < -0.39 is 23.8 Å². The topological polar surface area (TPSA) is 82.1 Å². The number of hydrogen-bond donors (Lipinski definition) is 1. The highest BCUT2D eigenvalue weighted by Crippen LogP contribution is 2.15. The summed E-state index contributed by atoms with van der Waals surface area (Å²) in [6.45, 7) is 2.60. The molecule has 0 unspecified atom stereocenters. The lowest BCUT2D eigenvalue weighted by molar-refractivity contribution is -0.144. The van der Waals surface area contributed by atoms with Gasteiger partial charge >= 0.3 is 6.03 Å². The molecule has 2 aliphatic heterocycles. The summed E-state index contributed by atoms with van der Waals surface area (Å²) in [6, 6.07) is -0.594.